The molecule has 27 heavy (non-hydrogen) atoms. The number of hydrogen-bond acceptors (Lipinski definition) is 8. The first-order valence-electron chi connectivity index (χ1n) is 8.30. The van der Waals surface area contributed by atoms with Crippen LogP contribution in [0.4, 0.5) is 0 Å². The van der Waals surface area contributed by atoms with Crippen molar-refractivity contribution in [1.29, 1.82) is 0 Å². The monoisotopic (exact) mass is 378 g/mol. The molecule has 1 fully saturated rings. The summed E-state index contributed by atoms with van der Waals surface area (Å²) in [7, 11) is 1.43. The summed E-state index contributed by atoms with van der Waals surface area (Å²) in [5, 5.41) is 0. The third kappa shape index (κ3) is 5.47. The molecule has 0 aliphatic carbocycles. The Kier molecular flexibility index (Phi) is 6.09. The molecular formula is C19H22O8. The average Bonchev–Trinajstić information content (AvgIpc) is 2.55. The van der Waals surface area contributed by atoms with Crippen LogP contribution < -0.4 is 9.47 Å². The fourth-order valence-corrected chi connectivity index (χ4v) is 2.27. The smallest absolute Gasteiger partial charge is 0.348 e. The zero-order chi connectivity index (χ0) is 20.2. The second kappa shape index (κ2) is 8.11. The molecule has 0 radical (unpaired) electrons. The number of cyclic esters (lactones) is 2. The van der Waals surface area contributed by atoms with E-state index in [-0.39, 0.29) is 18.3 Å². The van der Waals surface area contributed by atoms with Crippen molar-refractivity contribution in [3.8, 4) is 11.5 Å². The first-order valence-corrected chi connectivity index (χ1v) is 8.30. The Morgan fingerprint density at radius 3 is 2.33 bits per heavy atom. The van der Waals surface area contributed by atoms with Gasteiger partial charge in [0.15, 0.2) is 18.1 Å². The van der Waals surface area contributed by atoms with E-state index in [1.165, 1.54) is 27.0 Å². The first kappa shape index (κ1) is 20.3. The molecule has 0 N–H and O–H groups in total. The van der Waals surface area contributed by atoms with Crippen LogP contribution in [0.2, 0.25) is 0 Å². The Bertz CT molecular complexity index is 754. The van der Waals surface area contributed by atoms with Crippen molar-refractivity contribution < 1.29 is 38.1 Å². The molecule has 0 bridgehead atoms. The van der Waals surface area contributed by atoms with Crippen LogP contribution in [-0.2, 0) is 28.6 Å². The van der Waals surface area contributed by atoms with E-state index in [4.69, 9.17) is 23.7 Å². The van der Waals surface area contributed by atoms with Crippen molar-refractivity contribution in [3.05, 3.63) is 29.3 Å². The first-order chi connectivity index (χ1) is 12.6. The maximum absolute atomic E-state index is 12.0. The van der Waals surface area contributed by atoms with E-state index in [1.807, 2.05) is 0 Å². The predicted octanol–water partition coefficient (Wildman–Crippen LogP) is 2.25. The van der Waals surface area contributed by atoms with Crippen LogP contribution in [0.25, 0.3) is 6.08 Å². The van der Waals surface area contributed by atoms with E-state index < -0.39 is 23.7 Å². The minimum absolute atomic E-state index is 0.231. The molecule has 1 aliphatic rings. The number of benzene rings is 1. The number of methoxy groups -OCH3 is 1. The average molecular weight is 378 g/mol. The summed E-state index contributed by atoms with van der Waals surface area (Å²) in [4.78, 5) is 35.6. The third-order valence-electron chi connectivity index (χ3n) is 3.33. The highest BCUT2D eigenvalue weighted by atomic mass is 16.7. The molecule has 0 aromatic heterocycles. The summed E-state index contributed by atoms with van der Waals surface area (Å²) in [6.07, 6.45) is 1.09. The third-order valence-corrected chi connectivity index (χ3v) is 3.33. The molecule has 8 nitrogen and oxygen atoms in total. The lowest BCUT2D eigenvalue weighted by Gasteiger charge is -2.29. The molecule has 1 aromatic carbocycles. The Hall–Kier alpha value is -3.03. The fourth-order valence-electron chi connectivity index (χ4n) is 2.27. The molecule has 1 aliphatic heterocycles. The topological polar surface area (TPSA) is 97.4 Å². The van der Waals surface area contributed by atoms with E-state index in [9.17, 15) is 14.4 Å². The lowest BCUT2D eigenvalue weighted by molar-refractivity contribution is -0.222. The van der Waals surface area contributed by atoms with Gasteiger partial charge in [-0.1, -0.05) is 6.07 Å². The molecule has 1 heterocycles. The lowest BCUT2D eigenvalue weighted by atomic mass is 10.1. The van der Waals surface area contributed by atoms with Crippen molar-refractivity contribution in [2.75, 3.05) is 13.7 Å². The van der Waals surface area contributed by atoms with Crippen LogP contribution in [0.5, 0.6) is 11.5 Å². The molecular weight excluding hydrogens is 356 g/mol. The molecule has 0 amide bonds. The Balaban J connectivity index is 2.17. The van der Waals surface area contributed by atoms with Gasteiger partial charge in [-0.3, -0.25) is 0 Å². The largest absolute Gasteiger partial charge is 0.493 e. The van der Waals surface area contributed by atoms with Crippen LogP contribution >= 0.6 is 0 Å². The quantitative estimate of drug-likeness (QED) is 0.422. The Morgan fingerprint density at radius 2 is 1.78 bits per heavy atom. The summed E-state index contributed by atoms with van der Waals surface area (Å²) >= 11 is 0. The lowest BCUT2D eigenvalue weighted by Crippen LogP contribution is -2.41. The van der Waals surface area contributed by atoms with E-state index in [2.05, 4.69) is 0 Å². The number of esters is 3. The molecule has 146 valence electrons. The summed E-state index contributed by atoms with van der Waals surface area (Å²) in [5.74, 6) is -2.71. The van der Waals surface area contributed by atoms with Gasteiger partial charge < -0.3 is 23.7 Å². The van der Waals surface area contributed by atoms with Gasteiger partial charge >= 0.3 is 17.9 Å². The van der Waals surface area contributed by atoms with Gasteiger partial charge in [-0.2, -0.15) is 0 Å². The van der Waals surface area contributed by atoms with Gasteiger partial charge in [-0.05, 0) is 37.6 Å². The minimum atomic E-state index is -1.30. The molecule has 0 saturated carbocycles. The molecule has 8 heteroatoms. The highest BCUT2D eigenvalue weighted by molar-refractivity contribution is 6.18. The van der Waals surface area contributed by atoms with Crippen LogP contribution in [-0.4, -0.2) is 43.5 Å². The van der Waals surface area contributed by atoms with Crippen LogP contribution in [0.15, 0.2) is 23.8 Å². The Labute approximate surface area is 157 Å². The van der Waals surface area contributed by atoms with E-state index in [0.717, 1.165) is 0 Å². The van der Waals surface area contributed by atoms with E-state index >= 15 is 0 Å². The highest BCUT2D eigenvalue weighted by Gasteiger charge is 2.38. The normalized spacial score (nSPS) is 15.7. The number of hydrogen-bond donors (Lipinski definition) is 0. The SMILES string of the molecule is COc1cc(C=C2C(=O)OC(C)(C)OC2=O)ccc1OCC(=O)OC(C)C. The van der Waals surface area contributed by atoms with Gasteiger partial charge in [0.2, 0.25) is 0 Å². The minimum Gasteiger partial charge on any atom is -0.493 e. The number of carbonyl (C=O) groups excluding carboxylic acids is 3. The molecule has 0 atom stereocenters. The predicted molar refractivity (Wildman–Crippen MR) is 94.0 cm³/mol. The van der Waals surface area contributed by atoms with Gasteiger partial charge in [-0.15, -0.1) is 0 Å². The number of carbonyl (C=O) groups is 3. The molecule has 1 saturated heterocycles. The van der Waals surface area contributed by atoms with Gasteiger partial charge in [0.1, 0.15) is 5.57 Å². The van der Waals surface area contributed by atoms with Gasteiger partial charge in [0, 0.05) is 13.8 Å². The van der Waals surface area contributed by atoms with Crippen molar-refractivity contribution in [3.63, 3.8) is 0 Å². The molecule has 2 rings (SSSR count). The summed E-state index contributed by atoms with van der Waals surface area (Å²) < 4.78 is 25.7. The summed E-state index contributed by atoms with van der Waals surface area (Å²) in [5.41, 5.74) is 0.262. The maximum atomic E-state index is 12.0. The van der Waals surface area contributed by atoms with Crippen molar-refractivity contribution >= 4 is 24.0 Å². The fraction of sp³-hybridized carbons (Fsp3) is 0.421. The summed E-state index contributed by atoms with van der Waals surface area (Å²) in [6.45, 7) is 6.15. The standard InChI is InChI=1S/C19H22O8/c1-11(2)25-16(20)10-24-14-7-6-12(9-15(14)23-5)8-13-17(21)26-19(3,4)27-18(13)22/h6-9,11H,10H2,1-5H3. The Morgan fingerprint density at radius 1 is 1.15 bits per heavy atom. The summed E-state index contributed by atoms with van der Waals surface area (Å²) in [6, 6.07) is 4.70. The van der Waals surface area contributed by atoms with Crippen molar-refractivity contribution in [2.24, 2.45) is 0 Å². The van der Waals surface area contributed by atoms with Crippen LogP contribution in [0, 0.1) is 0 Å². The second-order valence-electron chi connectivity index (χ2n) is 6.47. The van der Waals surface area contributed by atoms with Crippen molar-refractivity contribution in [2.45, 2.75) is 39.6 Å². The molecule has 0 spiro atoms. The second-order valence-corrected chi connectivity index (χ2v) is 6.47. The molecule has 0 unspecified atom stereocenters. The van der Waals surface area contributed by atoms with Gasteiger partial charge in [0.25, 0.3) is 5.79 Å². The highest BCUT2D eigenvalue weighted by Crippen LogP contribution is 2.30. The van der Waals surface area contributed by atoms with E-state index in [1.54, 1.807) is 32.0 Å². The zero-order valence-electron chi connectivity index (χ0n) is 15.9. The van der Waals surface area contributed by atoms with E-state index in [0.29, 0.717) is 17.1 Å². The maximum Gasteiger partial charge on any atom is 0.348 e. The zero-order valence-corrected chi connectivity index (χ0v) is 15.9. The number of rotatable bonds is 6. The van der Waals surface area contributed by atoms with Crippen molar-refractivity contribution in [1.82, 2.24) is 0 Å². The number of ether oxygens (including phenoxy) is 5. The van der Waals surface area contributed by atoms with Gasteiger partial charge in [-0.25, -0.2) is 14.4 Å². The molecule has 1 aromatic rings. The van der Waals surface area contributed by atoms with Gasteiger partial charge in [0.05, 0.1) is 13.2 Å². The van der Waals surface area contributed by atoms with Crippen LogP contribution in [0.1, 0.15) is 33.3 Å². The van der Waals surface area contributed by atoms with Crippen LogP contribution in [0.3, 0.4) is 0 Å².